The third kappa shape index (κ3) is 3.55. The summed E-state index contributed by atoms with van der Waals surface area (Å²) >= 11 is 0. The molecule has 23 heavy (non-hydrogen) atoms. The third-order valence-electron chi connectivity index (χ3n) is 4.96. The van der Waals surface area contributed by atoms with Gasteiger partial charge in [-0.05, 0) is 25.7 Å². The maximum absolute atomic E-state index is 12.3. The summed E-state index contributed by atoms with van der Waals surface area (Å²) in [4.78, 5) is 18.4. The minimum atomic E-state index is -0.433. The van der Waals surface area contributed by atoms with Gasteiger partial charge < -0.3 is 19.3 Å². The molecule has 0 saturated carbocycles. The second-order valence-electron chi connectivity index (χ2n) is 6.41. The fourth-order valence-corrected chi connectivity index (χ4v) is 3.43. The molecule has 1 N–H and O–H groups in total. The molecule has 7 heteroatoms. The Bertz CT molecular complexity index is 537. The van der Waals surface area contributed by atoms with Crippen molar-refractivity contribution in [1.82, 2.24) is 15.0 Å². The Labute approximate surface area is 136 Å². The molecule has 0 aromatic carbocycles. The van der Waals surface area contributed by atoms with Crippen molar-refractivity contribution in [3.8, 4) is 0 Å². The first-order valence-corrected chi connectivity index (χ1v) is 8.54. The Kier molecular flexibility index (Phi) is 4.96. The molecule has 2 saturated heterocycles. The summed E-state index contributed by atoms with van der Waals surface area (Å²) in [5.74, 6) is 1.30. The van der Waals surface area contributed by atoms with Crippen molar-refractivity contribution in [3.05, 3.63) is 11.7 Å². The van der Waals surface area contributed by atoms with Gasteiger partial charge in [-0.3, -0.25) is 4.79 Å². The standard InChI is InChI=1S/C16H25N3O4/c1-2-13-17-14(23-18-13)5-6-15(21)19-9-7-16(8-10-19)12(20)4-3-11-22-16/h12,20H,2-11H2,1H3. The highest BCUT2D eigenvalue weighted by molar-refractivity contribution is 5.76. The van der Waals surface area contributed by atoms with Gasteiger partial charge in [-0.2, -0.15) is 4.98 Å². The maximum atomic E-state index is 12.3. The smallest absolute Gasteiger partial charge is 0.227 e. The van der Waals surface area contributed by atoms with Crippen molar-refractivity contribution in [1.29, 1.82) is 0 Å². The Balaban J connectivity index is 1.48. The topological polar surface area (TPSA) is 88.7 Å². The normalized spacial score (nSPS) is 24.1. The van der Waals surface area contributed by atoms with E-state index in [-0.39, 0.29) is 5.91 Å². The van der Waals surface area contributed by atoms with E-state index in [0.717, 1.165) is 19.3 Å². The number of aliphatic hydroxyl groups excluding tert-OH is 1. The zero-order chi connectivity index (χ0) is 16.3. The van der Waals surface area contributed by atoms with Crippen LogP contribution in [-0.2, 0) is 22.4 Å². The van der Waals surface area contributed by atoms with E-state index in [2.05, 4.69) is 10.1 Å². The predicted octanol–water partition coefficient (Wildman–Crippen LogP) is 1.10. The zero-order valence-corrected chi connectivity index (χ0v) is 13.7. The van der Waals surface area contributed by atoms with E-state index in [1.165, 1.54) is 0 Å². The second kappa shape index (κ2) is 6.97. The van der Waals surface area contributed by atoms with Gasteiger partial charge in [0.15, 0.2) is 5.82 Å². The molecule has 1 aromatic heterocycles. The minimum absolute atomic E-state index is 0.0985. The van der Waals surface area contributed by atoms with E-state index in [1.807, 2.05) is 11.8 Å². The Morgan fingerprint density at radius 2 is 2.22 bits per heavy atom. The first-order valence-electron chi connectivity index (χ1n) is 8.54. The van der Waals surface area contributed by atoms with Gasteiger partial charge in [-0.1, -0.05) is 12.1 Å². The first-order chi connectivity index (χ1) is 11.1. The largest absolute Gasteiger partial charge is 0.390 e. The number of nitrogens with zero attached hydrogens (tertiary/aromatic N) is 3. The van der Waals surface area contributed by atoms with Crippen molar-refractivity contribution in [2.75, 3.05) is 19.7 Å². The van der Waals surface area contributed by atoms with Gasteiger partial charge in [0.1, 0.15) is 0 Å². The fraction of sp³-hybridized carbons (Fsp3) is 0.812. The number of ether oxygens (including phenoxy) is 1. The number of rotatable bonds is 4. The monoisotopic (exact) mass is 323 g/mol. The van der Waals surface area contributed by atoms with Crippen LogP contribution in [0.1, 0.15) is 50.7 Å². The lowest BCUT2D eigenvalue weighted by atomic mass is 9.82. The first kappa shape index (κ1) is 16.4. The Hall–Kier alpha value is -1.47. The molecule has 128 valence electrons. The van der Waals surface area contributed by atoms with Crippen LogP contribution in [0.5, 0.6) is 0 Å². The number of aromatic nitrogens is 2. The predicted molar refractivity (Wildman–Crippen MR) is 81.7 cm³/mol. The van der Waals surface area contributed by atoms with Crippen molar-refractivity contribution >= 4 is 5.91 Å². The molecule has 2 aliphatic heterocycles. The van der Waals surface area contributed by atoms with Gasteiger partial charge in [0, 0.05) is 39.0 Å². The summed E-state index contributed by atoms with van der Waals surface area (Å²) in [6.45, 7) is 3.95. The summed E-state index contributed by atoms with van der Waals surface area (Å²) in [7, 11) is 0. The maximum Gasteiger partial charge on any atom is 0.227 e. The molecular weight excluding hydrogens is 298 g/mol. The number of carbonyl (C=O) groups excluding carboxylic acids is 1. The SMILES string of the molecule is CCc1noc(CCC(=O)N2CCC3(CC2)OCCCC3O)n1. The van der Waals surface area contributed by atoms with Gasteiger partial charge in [0.25, 0.3) is 0 Å². The molecule has 1 unspecified atom stereocenters. The molecule has 0 bridgehead atoms. The minimum Gasteiger partial charge on any atom is -0.390 e. The Morgan fingerprint density at radius 3 is 2.87 bits per heavy atom. The molecular formula is C16H25N3O4. The molecule has 1 atom stereocenters. The van der Waals surface area contributed by atoms with Crippen LogP contribution in [0, 0.1) is 0 Å². The lowest BCUT2D eigenvalue weighted by Crippen LogP contribution is -2.56. The molecule has 1 spiro atoms. The quantitative estimate of drug-likeness (QED) is 0.892. The van der Waals surface area contributed by atoms with E-state index in [1.54, 1.807) is 0 Å². The van der Waals surface area contributed by atoms with E-state index < -0.39 is 11.7 Å². The van der Waals surface area contributed by atoms with Gasteiger partial charge in [-0.25, -0.2) is 0 Å². The van der Waals surface area contributed by atoms with Crippen molar-refractivity contribution in [2.45, 2.75) is 63.6 Å². The van der Waals surface area contributed by atoms with Crippen LogP contribution < -0.4 is 0 Å². The lowest BCUT2D eigenvalue weighted by molar-refractivity contribution is -0.179. The summed E-state index contributed by atoms with van der Waals surface area (Å²) in [6, 6.07) is 0. The molecule has 3 rings (SSSR count). The molecule has 1 amide bonds. The van der Waals surface area contributed by atoms with Crippen LogP contribution in [0.15, 0.2) is 4.52 Å². The van der Waals surface area contributed by atoms with Crippen molar-refractivity contribution in [3.63, 3.8) is 0 Å². The van der Waals surface area contributed by atoms with E-state index in [4.69, 9.17) is 9.26 Å². The van der Waals surface area contributed by atoms with Gasteiger partial charge in [0.05, 0.1) is 11.7 Å². The number of aryl methyl sites for hydroxylation is 2. The van der Waals surface area contributed by atoms with Crippen LogP contribution in [0.2, 0.25) is 0 Å². The molecule has 0 radical (unpaired) electrons. The average molecular weight is 323 g/mol. The number of hydrogen-bond acceptors (Lipinski definition) is 6. The number of piperidine rings is 1. The summed E-state index contributed by atoms with van der Waals surface area (Å²) in [5, 5.41) is 14.1. The Morgan fingerprint density at radius 1 is 1.43 bits per heavy atom. The summed E-state index contributed by atoms with van der Waals surface area (Å²) in [5.41, 5.74) is -0.433. The van der Waals surface area contributed by atoms with Crippen molar-refractivity contribution in [2.24, 2.45) is 0 Å². The van der Waals surface area contributed by atoms with Crippen LogP contribution in [0.3, 0.4) is 0 Å². The molecule has 1 aromatic rings. The second-order valence-corrected chi connectivity index (χ2v) is 6.41. The van der Waals surface area contributed by atoms with E-state index in [0.29, 0.717) is 57.1 Å². The third-order valence-corrected chi connectivity index (χ3v) is 4.96. The number of aliphatic hydroxyl groups is 1. The number of amides is 1. The fourth-order valence-electron chi connectivity index (χ4n) is 3.43. The van der Waals surface area contributed by atoms with Gasteiger partial charge >= 0.3 is 0 Å². The lowest BCUT2D eigenvalue weighted by Gasteiger charge is -2.46. The zero-order valence-electron chi connectivity index (χ0n) is 13.7. The van der Waals surface area contributed by atoms with E-state index >= 15 is 0 Å². The summed E-state index contributed by atoms with van der Waals surface area (Å²) in [6.07, 6.45) is 4.31. The highest BCUT2D eigenvalue weighted by Crippen LogP contribution is 2.35. The van der Waals surface area contributed by atoms with Crippen molar-refractivity contribution < 1.29 is 19.2 Å². The van der Waals surface area contributed by atoms with Crippen LogP contribution in [0.4, 0.5) is 0 Å². The number of likely N-dealkylation sites (tertiary alicyclic amines) is 1. The van der Waals surface area contributed by atoms with Gasteiger partial charge in [-0.15, -0.1) is 0 Å². The molecule has 2 aliphatic rings. The highest BCUT2D eigenvalue weighted by atomic mass is 16.5. The molecule has 2 fully saturated rings. The summed E-state index contributed by atoms with van der Waals surface area (Å²) < 4.78 is 11.0. The van der Waals surface area contributed by atoms with Crippen LogP contribution >= 0.6 is 0 Å². The van der Waals surface area contributed by atoms with Gasteiger partial charge in [0.2, 0.25) is 11.8 Å². The highest BCUT2D eigenvalue weighted by Gasteiger charge is 2.44. The van der Waals surface area contributed by atoms with Crippen LogP contribution in [-0.4, -0.2) is 57.5 Å². The van der Waals surface area contributed by atoms with Crippen LogP contribution in [0.25, 0.3) is 0 Å². The molecule has 7 nitrogen and oxygen atoms in total. The number of carbonyl (C=O) groups is 1. The molecule has 0 aliphatic carbocycles. The molecule has 3 heterocycles. The number of hydrogen-bond donors (Lipinski definition) is 1. The average Bonchev–Trinajstić information content (AvgIpc) is 3.04. The van der Waals surface area contributed by atoms with E-state index in [9.17, 15) is 9.90 Å².